The normalized spacial score (nSPS) is 29.4. The fourth-order valence-corrected chi connectivity index (χ4v) is 1.45. The summed E-state index contributed by atoms with van der Waals surface area (Å²) in [5.74, 6) is 0. The molecule has 0 aromatic carbocycles. The van der Waals surface area contributed by atoms with Crippen molar-refractivity contribution < 1.29 is 5.11 Å². The van der Waals surface area contributed by atoms with Gasteiger partial charge in [0, 0.05) is 12.6 Å². The third-order valence-electron chi connectivity index (χ3n) is 2.16. The van der Waals surface area contributed by atoms with Crippen LogP contribution in [0, 0.1) is 0 Å². The lowest BCUT2D eigenvalue weighted by Crippen LogP contribution is -2.42. The molecule has 0 bridgehead atoms. The van der Waals surface area contributed by atoms with E-state index in [1.807, 2.05) is 0 Å². The summed E-state index contributed by atoms with van der Waals surface area (Å²) in [6.45, 7) is 6.39. The van der Waals surface area contributed by atoms with Crippen LogP contribution >= 0.6 is 0 Å². The third kappa shape index (κ3) is 1.96. The summed E-state index contributed by atoms with van der Waals surface area (Å²) in [7, 11) is 0. The molecular formula is C8H17NO. The van der Waals surface area contributed by atoms with Crippen molar-refractivity contribution >= 4 is 0 Å². The Morgan fingerprint density at radius 2 is 2.20 bits per heavy atom. The van der Waals surface area contributed by atoms with Gasteiger partial charge in [0.2, 0.25) is 0 Å². The Morgan fingerprint density at radius 1 is 1.50 bits per heavy atom. The van der Waals surface area contributed by atoms with Crippen molar-refractivity contribution in [3.63, 3.8) is 0 Å². The second-order valence-electron chi connectivity index (χ2n) is 3.38. The number of aliphatic hydroxyl groups excluding tert-OH is 1. The van der Waals surface area contributed by atoms with Crippen molar-refractivity contribution in [2.75, 3.05) is 13.1 Å². The molecular weight excluding hydrogens is 126 g/mol. The lowest BCUT2D eigenvalue weighted by molar-refractivity contribution is 0.0547. The molecule has 1 saturated heterocycles. The SMILES string of the molecule is CC(C)N1CCC[C@H](O)C1. The first-order valence-corrected chi connectivity index (χ1v) is 4.12. The van der Waals surface area contributed by atoms with Gasteiger partial charge in [0.15, 0.2) is 0 Å². The number of aliphatic hydroxyl groups is 1. The average molecular weight is 143 g/mol. The van der Waals surface area contributed by atoms with Crippen LogP contribution in [0.4, 0.5) is 0 Å². The van der Waals surface area contributed by atoms with Gasteiger partial charge < -0.3 is 5.11 Å². The van der Waals surface area contributed by atoms with Gasteiger partial charge >= 0.3 is 0 Å². The highest BCUT2D eigenvalue weighted by molar-refractivity contribution is 4.73. The largest absolute Gasteiger partial charge is 0.392 e. The van der Waals surface area contributed by atoms with Crippen molar-refractivity contribution in [1.82, 2.24) is 4.90 Å². The van der Waals surface area contributed by atoms with E-state index in [0.717, 1.165) is 25.9 Å². The second kappa shape index (κ2) is 3.35. The predicted octanol–water partition coefficient (Wildman–Crippen LogP) is 0.851. The molecule has 0 radical (unpaired) electrons. The van der Waals surface area contributed by atoms with Crippen LogP contribution in [0.1, 0.15) is 26.7 Å². The van der Waals surface area contributed by atoms with Crippen molar-refractivity contribution in [1.29, 1.82) is 0 Å². The summed E-state index contributed by atoms with van der Waals surface area (Å²) in [6, 6.07) is 0.593. The maximum atomic E-state index is 9.29. The first kappa shape index (κ1) is 8.02. The van der Waals surface area contributed by atoms with E-state index in [-0.39, 0.29) is 6.10 Å². The van der Waals surface area contributed by atoms with Gasteiger partial charge in [0.05, 0.1) is 6.10 Å². The number of likely N-dealkylation sites (tertiary alicyclic amines) is 1. The highest BCUT2D eigenvalue weighted by Gasteiger charge is 2.18. The maximum absolute atomic E-state index is 9.29. The fourth-order valence-electron chi connectivity index (χ4n) is 1.45. The molecule has 1 aliphatic rings. The maximum Gasteiger partial charge on any atom is 0.0667 e. The van der Waals surface area contributed by atoms with E-state index in [4.69, 9.17) is 0 Å². The molecule has 0 aromatic rings. The first-order chi connectivity index (χ1) is 4.70. The third-order valence-corrected chi connectivity index (χ3v) is 2.16. The molecule has 0 aliphatic carbocycles. The average Bonchev–Trinajstić information content (AvgIpc) is 1.88. The number of β-amino-alcohol motifs (C(OH)–C–C–N with tert-alkyl or cyclic N) is 1. The molecule has 0 saturated carbocycles. The van der Waals surface area contributed by atoms with E-state index in [2.05, 4.69) is 18.7 Å². The quantitative estimate of drug-likeness (QED) is 0.588. The second-order valence-corrected chi connectivity index (χ2v) is 3.38. The van der Waals surface area contributed by atoms with Crippen molar-refractivity contribution in [3.05, 3.63) is 0 Å². The van der Waals surface area contributed by atoms with Crippen LogP contribution in [0.5, 0.6) is 0 Å². The number of hydrogen-bond acceptors (Lipinski definition) is 2. The van der Waals surface area contributed by atoms with Crippen molar-refractivity contribution in [2.24, 2.45) is 0 Å². The molecule has 1 N–H and O–H groups in total. The molecule has 10 heavy (non-hydrogen) atoms. The van der Waals surface area contributed by atoms with Crippen LogP contribution in [0.15, 0.2) is 0 Å². The Labute approximate surface area is 62.8 Å². The van der Waals surface area contributed by atoms with E-state index in [0.29, 0.717) is 6.04 Å². The summed E-state index contributed by atoms with van der Waals surface area (Å²) in [5.41, 5.74) is 0. The summed E-state index contributed by atoms with van der Waals surface area (Å²) in [5, 5.41) is 9.29. The highest BCUT2D eigenvalue weighted by Crippen LogP contribution is 2.11. The Hall–Kier alpha value is -0.0800. The molecule has 0 aromatic heterocycles. The Bertz CT molecular complexity index is 103. The molecule has 2 nitrogen and oxygen atoms in total. The zero-order valence-corrected chi connectivity index (χ0v) is 6.88. The number of piperidine rings is 1. The van der Waals surface area contributed by atoms with Crippen LogP contribution in [-0.2, 0) is 0 Å². The summed E-state index contributed by atoms with van der Waals surface area (Å²) in [6.07, 6.45) is 2.07. The molecule has 60 valence electrons. The lowest BCUT2D eigenvalue weighted by Gasteiger charge is -2.32. The molecule has 0 unspecified atom stereocenters. The van der Waals surface area contributed by atoms with E-state index in [1.54, 1.807) is 0 Å². The first-order valence-electron chi connectivity index (χ1n) is 4.12. The van der Waals surface area contributed by atoms with E-state index >= 15 is 0 Å². The van der Waals surface area contributed by atoms with E-state index < -0.39 is 0 Å². The molecule has 2 heteroatoms. The zero-order valence-electron chi connectivity index (χ0n) is 6.88. The number of rotatable bonds is 1. The summed E-state index contributed by atoms with van der Waals surface area (Å²) >= 11 is 0. The topological polar surface area (TPSA) is 23.5 Å². The van der Waals surface area contributed by atoms with Crippen LogP contribution in [0.25, 0.3) is 0 Å². The van der Waals surface area contributed by atoms with Crippen molar-refractivity contribution in [3.8, 4) is 0 Å². The monoisotopic (exact) mass is 143 g/mol. The van der Waals surface area contributed by atoms with Gasteiger partial charge in [-0.3, -0.25) is 4.90 Å². The summed E-state index contributed by atoms with van der Waals surface area (Å²) < 4.78 is 0. The number of nitrogens with zero attached hydrogens (tertiary/aromatic N) is 1. The fraction of sp³-hybridized carbons (Fsp3) is 1.00. The van der Waals surface area contributed by atoms with Gasteiger partial charge in [0.25, 0.3) is 0 Å². The van der Waals surface area contributed by atoms with Crippen LogP contribution in [-0.4, -0.2) is 35.2 Å². The van der Waals surface area contributed by atoms with Gasteiger partial charge in [-0.25, -0.2) is 0 Å². The van der Waals surface area contributed by atoms with Gasteiger partial charge in [-0.2, -0.15) is 0 Å². The van der Waals surface area contributed by atoms with Crippen molar-refractivity contribution in [2.45, 2.75) is 38.8 Å². The zero-order chi connectivity index (χ0) is 7.56. The molecule has 1 aliphatic heterocycles. The minimum absolute atomic E-state index is 0.0730. The van der Waals surface area contributed by atoms with Crippen LogP contribution in [0.3, 0.4) is 0 Å². The number of hydrogen-bond donors (Lipinski definition) is 1. The molecule has 1 rings (SSSR count). The predicted molar refractivity (Wildman–Crippen MR) is 41.9 cm³/mol. The molecule has 0 amide bonds. The molecule has 1 fully saturated rings. The van der Waals surface area contributed by atoms with Gasteiger partial charge in [-0.15, -0.1) is 0 Å². The summed E-state index contributed by atoms with van der Waals surface area (Å²) in [4.78, 5) is 2.33. The Balaban J connectivity index is 2.32. The van der Waals surface area contributed by atoms with Crippen LogP contribution in [0.2, 0.25) is 0 Å². The lowest BCUT2D eigenvalue weighted by atomic mass is 10.1. The minimum Gasteiger partial charge on any atom is -0.392 e. The van der Waals surface area contributed by atoms with E-state index in [1.165, 1.54) is 0 Å². The van der Waals surface area contributed by atoms with Crippen LogP contribution < -0.4 is 0 Å². The Kier molecular flexibility index (Phi) is 2.69. The smallest absolute Gasteiger partial charge is 0.0667 e. The molecule has 1 atom stereocenters. The standard InChI is InChI=1S/C8H17NO/c1-7(2)9-5-3-4-8(10)6-9/h7-8,10H,3-6H2,1-2H3/t8-/m0/s1. The van der Waals surface area contributed by atoms with Gasteiger partial charge in [-0.1, -0.05) is 0 Å². The Morgan fingerprint density at radius 3 is 2.60 bits per heavy atom. The highest BCUT2D eigenvalue weighted by atomic mass is 16.3. The van der Waals surface area contributed by atoms with E-state index in [9.17, 15) is 5.11 Å². The molecule has 0 spiro atoms. The minimum atomic E-state index is -0.0730. The van der Waals surface area contributed by atoms with Gasteiger partial charge in [0.1, 0.15) is 0 Å². The molecule has 1 heterocycles. The van der Waals surface area contributed by atoms with Gasteiger partial charge in [-0.05, 0) is 33.2 Å².